The lowest BCUT2D eigenvalue weighted by Crippen LogP contribution is -2.29. The number of fused-ring (bicyclic) bond motifs is 7. The number of nitrogen functional groups attached to an aromatic ring is 1. The molecule has 2 atom stereocenters. The zero-order valence-corrected chi connectivity index (χ0v) is 18.4. The SMILES string of the molecule is Cc1ccc2c(c1)[C@@H](C)Oc1nc(cnc1N)-c1c(nn(C)c1C#N)CS1(=O)=NN=CN21. The van der Waals surface area contributed by atoms with E-state index in [2.05, 4.69) is 30.7 Å². The molecule has 0 radical (unpaired) electrons. The molecule has 0 amide bonds. The van der Waals surface area contributed by atoms with Gasteiger partial charge in [-0.1, -0.05) is 22.2 Å². The number of ether oxygens (including phenoxy) is 1. The van der Waals surface area contributed by atoms with E-state index in [0.717, 1.165) is 11.1 Å². The largest absolute Gasteiger partial charge is 0.467 e. The summed E-state index contributed by atoms with van der Waals surface area (Å²) in [4.78, 5) is 8.76. The third kappa shape index (κ3) is 2.97. The molecular weight excluding hydrogens is 430 g/mol. The van der Waals surface area contributed by atoms with E-state index in [-0.39, 0.29) is 23.1 Å². The normalized spacial score (nSPS) is 21.2. The minimum atomic E-state index is -3.08. The summed E-state index contributed by atoms with van der Waals surface area (Å²) >= 11 is 0. The fourth-order valence-electron chi connectivity index (χ4n) is 3.84. The molecule has 12 heteroatoms. The highest BCUT2D eigenvalue weighted by atomic mass is 32.2. The second-order valence-corrected chi connectivity index (χ2v) is 9.62. The molecule has 0 saturated heterocycles. The van der Waals surface area contributed by atoms with Crippen LogP contribution in [0.5, 0.6) is 5.88 Å². The standard InChI is InChI=1S/C20H19N9O2S/c1-11-4-5-16-13(6-11)12(2)31-20-19(22)23-8-14(25-20)18-15(26-28(3)17(18)7-21)9-32(30)27-24-10-29(16)32/h4-6,8,10,12H,9H2,1-3H3,(H2,22,23)/t12-,32?/m1/s1. The quantitative estimate of drug-likeness (QED) is 0.554. The maximum atomic E-state index is 14.0. The van der Waals surface area contributed by atoms with Crippen LogP contribution in [0, 0.1) is 18.3 Å². The van der Waals surface area contributed by atoms with Crippen LogP contribution in [0.4, 0.5) is 11.5 Å². The zero-order valence-electron chi connectivity index (χ0n) is 17.6. The first-order chi connectivity index (χ1) is 15.3. The Bertz CT molecular complexity index is 1460. The van der Waals surface area contributed by atoms with Crippen molar-refractivity contribution in [2.75, 3.05) is 10.0 Å². The molecule has 2 N–H and O–H groups in total. The number of benzene rings is 1. The van der Waals surface area contributed by atoms with E-state index in [1.165, 1.54) is 17.2 Å². The topological polar surface area (TPSA) is 148 Å². The fourth-order valence-corrected chi connectivity index (χ4v) is 5.53. The molecule has 2 aromatic heterocycles. The number of hydrogen-bond donors (Lipinski definition) is 1. The molecule has 2 aliphatic rings. The van der Waals surface area contributed by atoms with E-state index in [9.17, 15) is 9.47 Å². The Balaban J connectivity index is 1.83. The van der Waals surface area contributed by atoms with Gasteiger partial charge in [0.1, 0.15) is 24.2 Å². The van der Waals surface area contributed by atoms with Gasteiger partial charge in [0.25, 0.3) is 5.88 Å². The van der Waals surface area contributed by atoms with E-state index >= 15 is 0 Å². The first-order valence-corrected chi connectivity index (χ1v) is 11.4. The molecule has 0 fully saturated rings. The van der Waals surface area contributed by atoms with Crippen LogP contribution < -0.4 is 14.8 Å². The lowest BCUT2D eigenvalue weighted by molar-refractivity contribution is 0.219. The van der Waals surface area contributed by atoms with Crippen LogP contribution in [0.1, 0.15) is 35.5 Å². The number of hydrogen-bond acceptors (Lipinski definition) is 9. The van der Waals surface area contributed by atoms with Crippen molar-refractivity contribution in [3.05, 3.63) is 46.9 Å². The highest BCUT2D eigenvalue weighted by Gasteiger charge is 2.32. The summed E-state index contributed by atoms with van der Waals surface area (Å²) in [5.41, 5.74) is 9.86. The van der Waals surface area contributed by atoms with Gasteiger partial charge in [0.2, 0.25) is 0 Å². The van der Waals surface area contributed by atoms with Gasteiger partial charge in [-0.15, -0.1) is 5.10 Å². The molecule has 2 bridgehead atoms. The van der Waals surface area contributed by atoms with Gasteiger partial charge in [-0.2, -0.15) is 10.4 Å². The van der Waals surface area contributed by atoms with E-state index in [1.807, 2.05) is 32.0 Å². The Kier molecular flexibility index (Phi) is 4.38. The molecule has 1 aromatic carbocycles. The number of nitriles is 1. The van der Waals surface area contributed by atoms with Crippen molar-refractivity contribution in [3.63, 3.8) is 0 Å². The first-order valence-electron chi connectivity index (χ1n) is 9.73. The van der Waals surface area contributed by atoms with Gasteiger partial charge < -0.3 is 10.5 Å². The third-order valence-electron chi connectivity index (χ3n) is 5.36. The molecule has 2 aliphatic heterocycles. The molecule has 1 unspecified atom stereocenters. The van der Waals surface area contributed by atoms with Crippen molar-refractivity contribution < 1.29 is 8.95 Å². The summed E-state index contributed by atoms with van der Waals surface area (Å²) in [6, 6.07) is 7.85. The van der Waals surface area contributed by atoms with Crippen molar-refractivity contribution in [1.29, 1.82) is 5.26 Å². The van der Waals surface area contributed by atoms with Crippen molar-refractivity contribution in [2.24, 2.45) is 16.6 Å². The molecule has 5 rings (SSSR count). The van der Waals surface area contributed by atoms with Gasteiger partial charge in [0.05, 0.1) is 34.6 Å². The highest BCUT2D eigenvalue weighted by molar-refractivity contribution is 7.95. The van der Waals surface area contributed by atoms with Crippen LogP contribution in [0.25, 0.3) is 11.3 Å². The highest BCUT2D eigenvalue weighted by Crippen LogP contribution is 2.38. The predicted molar refractivity (Wildman–Crippen MR) is 119 cm³/mol. The first kappa shape index (κ1) is 20.0. The number of aryl methyl sites for hydroxylation is 2. The van der Waals surface area contributed by atoms with Crippen LogP contribution in [-0.2, 0) is 22.7 Å². The Morgan fingerprint density at radius 2 is 2.19 bits per heavy atom. The van der Waals surface area contributed by atoms with Crippen LogP contribution in [0.2, 0.25) is 0 Å². The molecule has 4 heterocycles. The summed E-state index contributed by atoms with van der Waals surface area (Å²) in [7, 11) is -1.44. The molecule has 0 spiro atoms. The number of nitrogens with two attached hydrogens (primary N) is 1. The minimum Gasteiger partial charge on any atom is -0.467 e. The second-order valence-electron chi connectivity index (χ2n) is 7.56. The van der Waals surface area contributed by atoms with Crippen LogP contribution in [0.15, 0.2) is 34.0 Å². The van der Waals surface area contributed by atoms with Crippen LogP contribution in [0.3, 0.4) is 0 Å². The Hall–Kier alpha value is -3.98. The molecule has 3 aromatic rings. The smallest absolute Gasteiger partial charge is 0.258 e. The monoisotopic (exact) mass is 449 g/mol. The van der Waals surface area contributed by atoms with Crippen molar-refractivity contribution in [2.45, 2.75) is 25.7 Å². The molecule has 0 saturated carbocycles. The van der Waals surface area contributed by atoms with Gasteiger partial charge in [0.15, 0.2) is 15.7 Å². The van der Waals surface area contributed by atoms with E-state index in [0.29, 0.717) is 22.6 Å². The summed E-state index contributed by atoms with van der Waals surface area (Å²) in [5, 5.41) is 18.2. The van der Waals surface area contributed by atoms with Crippen molar-refractivity contribution >= 4 is 27.8 Å². The molecular formula is C20H19N9O2S. The average Bonchev–Trinajstić information content (AvgIpc) is 3.27. The van der Waals surface area contributed by atoms with Gasteiger partial charge in [-0.25, -0.2) is 18.5 Å². The van der Waals surface area contributed by atoms with E-state index in [1.54, 1.807) is 11.4 Å². The molecule has 32 heavy (non-hydrogen) atoms. The number of anilines is 2. The predicted octanol–water partition coefficient (Wildman–Crippen LogP) is 2.44. The van der Waals surface area contributed by atoms with E-state index < -0.39 is 16.0 Å². The van der Waals surface area contributed by atoms with Crippen LogP contribution >= 0.6 is 0 Å². The van der Waals surface area contributed by atoms with Gasteiger partial charge in [-0.3, -0.25) is 4.68 Å². The lowest BCUT2D eigenvalue weighted by Gasteiger charge is -2.26. The maximum Gasteiger partial charge on any atom is 0.258 e. The van der Waals surface area contributed by atoms with Crippen LogP contribution in [-0.4, -0.2) is 30.3 Å². The number of rotatable bonds is 0. The van der Waals surface area contributed by atoms with Crippen molar-refractivity contribution in [1.82, 2.24) is 19.7 Å². The summed E-state index contributed by atoms with van der Waals surface area (Å²) in [5.74, 6) is 0.196. The number of aromatic nitrogens is 4. The summed E-state index contributed by atoms with van der Waals surface area (Å²) in [6.45, 7) is 3.81. The minimum absolute atomic E-state index is 0.0677. The Labute approximate surface area is 184 Å². The van der Waals surface area contributed by atoms with Gasteiger partial charge in [0, 0.05) is 12.6 Å². The Morgan fingerprint density at radius 3 is 2.97 bits per heavy atom. The van der Waals surface area contributed by atoms with Gasteiger partial charge >= 0.3 is 0 Å². The molecule has 11 nitrogen and oxygen atoms in total. The van der Waals surface area contributed by atoms with E-state index in [4.69, 9.17) is 10.5 Å². The lowest BCUT2D eigenvalue weighted by atomic mass is 10.0. The zero-order chi connectivity index (χ0) is 22.6. The molecule has 0 aliphatic carbocycles. The molecule has 162 valence electrons. The average molecular weight is 450 g/mol. The van der Waals surface area contributed by atoms with Gasteiger partial charge in [-0.05, 0) is 19.9 Å². The third-order valence-corrected chi connectivity index (χ3v) is 7.26. The summed E-state index contributed by atoms with van der Waals surface area (Å²) in [6.07, 6.45) is 2.39. The Morgan fingerprint density at radius 1 is 1.38 bits per heavy atom. The number of nitrogens with zero attached hydrogens (tertiary/aromatic N) is 8. The fraction of sp³-hybridized carbons (Fsp3) is 0.250. The van der Waals surface area contributed by atoms with Crippen molar-refractivity contribution in [3.8, 4) is 23.2 Å². The second kappa shape index (κ2) is 7.03. The summed E-state index contributed by atoms with van der Waals surface area (Å²) < 4.78 is 27.2. The maximum absolute atomic E-state index is 14.0.